The number of hydrogen-bond donors (Lipinski definition) is 1. The number of rotatable bonds is 3. The maximum absolute atomic E-state index is 13.2. The SMILES string of the molecule is Cc1nc2ccc(F)cn2c1C(=O)N(C)CCO. The van der Waals surface area contributed by atoms with Gasteiger partial charge in [0.15, 0.2) is 0 Å². The minimum Gasteiger partial charge on any atom is -0.395 e. The minimum atomic E-state index is -0.432. The van der Waals surface area contributed by atoms with E-state index in [1.165, 1.54) is 27.6 Å². The van der Waals surface area contributed by atoms with Gasteiger partial charge in [0.2, 0.25) is 0 Å². The molecule has 2 aromatic heterocycles. The fourth-order valence-corrected chi connectivity index (χ4v) is 1.83. The number of fused-ring (bicyclic) bond motifs is 1. The molecule has 0 aliphatic rings. The molecule has 1 N–H and O–H groups in total. The number of amides is 1. The molecule has 0 fully saturated rings. The molecule has 0 spiro atoms. The molecule has 0 aliphatic heterocycles. The lowest BCUT2D eigenvalue weighted by molar-refractivity contribution is 0.0759. The van der Waals surface area contributed by atoms with Gasteiger partial charge < -0.3 is 10.0 Å². The molecule has 0 saturated carbocycles. The highest BCUT2D eigenvalue weighted by atomic mass is 19.1. The van der Waals surface area contributed by atoms with Gasteiger partial charge in [0.25, 0.3) is 5.91 Å². The predicted molar refractivity (Wildman–Crippen MR) is 63.9 cm³/mol. The largest absolute Gasteiger partial charge is 0.395 e. The van der Waals surface area contributed by atoms with Crippen LogP contribution in [-0.2, 0) is 0 Å². The molecule has 6 heteroatoms. The smallest absolute Gasteiger partial charge is 0.272 e. The Morgan fingerprint density at radius 1 is 1.56 bits per heavy atom. The Hall–Kier alpha value is -1.95. The number of aryl methyl sites for hydroxylation is 1. The zero-order valence-electron chi connectivity index (χ0n) is 10.2. The van der Waals surface area contributed by atoms with Crippen molar-refractivity contribution in [3.05, 3.63) is 35.5 Å². The van der Waals surface area contributed by atoms with Gasteiger partial charge in [-0.2, -0.15) is 0 Å². The van der Waals surface area contributed by atoms with Crippen molar-refractivity contribution in [2.75, 3.05) is 20.2 Å². The van der Waals surface area contributed by atoms with Crippen molar-refractivity contribution in [2.24, 2.45) is 0 Å². The molecule has 2 aromatic rings. The van der Waals surface area contributed by atoms with Crippen molar-refractivity contribution in [3.8, 4) is 0 Å². The minimum absolute atomic E-state index is 0.119. The Balaban J connectivity index is 2.52. The third-order valence-corrected chi connectivity index (χ3v) is 2.74. The van der Waals surface area contributed by atoms with Crippen LogP contribution in [0, 0.1) is 12.7 Å². The molecule has 2 rings (SSSR count). The molecular formula is C12H14FN3O2. The number of aliphatic hydroxyl groups is 1. The van der Waals surface area contributed by atoms with E-state index in [1.807, 2.05) is 0 Å². The van der Waals surface area contributed by atoms with Gasteiger partial charge >= 0.3 is 0 Å². The fourth-order valence-electron chi connectivity index (χ4n) is 1.83. The fraction of sp³-hybridized carbons (Fsp3) is 0.333. The van der Waals surface area contributed by atoms with Gasteiger partial charge in [0.1, 0.15) is 17.2 Å². The average Bonchev–Trinajstić information content (AvgIpc) is 2.64. The first-order valence-corrected chi connectivity index (χ1v) is 5.55. The first-order chi connectivity index (χ1) is 8.54. The lowest BCUT2D eigenvalue weighted by Crippen LogP contribution is -2.30. The van der Waals surface area contributed by atoms with Crippen LogP contribution in [0.5, 0.6) is 0 Å². The molecule has 0 unspecified atom stereocenters. The van der Waals surface area contributed by atoms with Crippen molar-refractivity contribution in [1.29, 1.82) is 0 Å². The Kier molecular flexibility index (Phi) is 3.29. The number of hydrogen-bond acceptors (Lipinski definition) is 3. The summed E-state index contributed by atoms with van der Waals surface area (Å²) in [5.41, 5.74) is 1.38. The number of aliphatic hydroxyl groups excluding tert-OH is 1. The highest BCUT2D eigenvalue weighted by molar-refractivity contribution is 5.94. The number of aromatic nitrogens is 2. The molecule has 0 aromatic carbocycles. The van der Waals surface area contributed by atoms with Crippen LogP contribution in [-0.4, -0.2) is 45.5 Å². The van der Waals surface area contributed by atoms with Crippen molar-refractivity contribution < 1.29 is 14.3 Å². The summed E-state index contributed by atoms with van der Waals surface area (Å²) < 4.78 is 14.7. The van der Waals surface area contributed by atoms with Crippen LogP contribution in [0.25, 0.3) is 5.65 Å². The molecule has 0 aliphatic carbocycles. The number of imidazole rings is 1. The van der Waals surface area contributed by atoms with Gasteiger partial charge in [-0.1, -0.05) is 0 Å². The highest BCUT2D eigenvalue weighted by Crippen LogP contribution is 2.14. The summed E-state index contributed by atoms with van der Waals surface area (Å²) in [5.74, 6) is -0.724. The van der Waals surface area contributed by atoms with Gasteiger partial charge in [0, 0.05) is 19.8 Å². The first-order valence-electron chi connectivity index (χ1n) is 5.55. The summed E-state index contributed by atoms with van der Waals surface area (Å²) in [7, 11) is 1.58. The number of likely N-dealkylation sites (N-methyl/N-ethyl adjacent to an activating group) is 1. The van der Waals surface area contributed by atoms with Gasteiger partial charge in [-0.05, 0) is 19.1 Å². The predicted octanol–water partition coefficient (Wildman–Crippen LogP) is 0.846. The van der Waals surface area contributed by atoms with Gasteiger partial charge in [-0.25, -0.2) is 9.37 Å². The maximum atomic E-state index is 13.2. The lowest BCUT2D eigenvalue weighted by atomic mass is 10.3. The molecule has 96 valence electrons. The van der Waals surface area contributed by atoms with Crippen molar-refractivity contribution in [3.63, 3.8) is 0 Å². The van der Waals surface area contributed by atoms with E-state index >= 15 is 0 Å². The normalized spacial score (nSPS) is 10.9. The van der Waals surface area contributed by atoms with E-state index in [9.17, 15) is 9.18 Å². The van der Waals surface area contributed by atoms with Crippen LogP contribution in [0.2, 0.25) is 0 Å². The summed E-state index contributed by atoms with van der Waals surface area (Å²) in [6, 6.07) is 2.82. The third kappa shape index (κ3) is 2.06. The monoisotopic (exact) mass is 251 g/mol. The molecule has 5 nitrogen and oxygen atoms in total. The summed E-state index contributed by atoms with van der Waals surface area (Å²) in [5, 5.41) is 8.83. The Labute approximate surface area is 103 Å². The lowest BCUT2D eigenvalue weighted by Gasteiger charge is -2.15. The van der Waals surface area contributed by atoms with Crippen LogP contribution in [0.1, 0.15) is 16.2 Å². The molecule has 0 atom stereocenters. The molecule has 2 heterocycles. The zero-order chi connectivity index (χ0) is 13.3. The van der Waals surface area contributed by atoms with E-state index in [1.54, 1.807) is 14.0 Å². The third-order valence-electron chi connectivity index (χ3n) is 2.74. The van der Waals surface area contributed by atoms with E-state index in [-0.39, 0.29) is 19.1 Å². The number of carbonyl (C=O) groups is 1. The molecule has 0 saturated heterocycles. The molecule has 0 bridgehead atoms. The number of nitrogens with zero attached hydrogens (tertiary/aromatic N) is 3. The second kappa shape index (κ2) is 4.73. The summed E-state index contributed by atoms with van der Waals surface area (Å²) >= 11 is 0. The van der Waals surface area contributed by atoms with Crippen LogP contribution in [0.3, 0.4) is 0 Å². The van der Waals surface area contributed by atoms with E-state index in [2.05, 4.69) is 4.98 Å². The van der Waals surface area contributed by atoms with E-state index < -0.39 is 5.82 Å². The average molecular weight is 251 g/mol. The maximum Gasteiger partial charge on any atom is 0.272 e. The molecule has 18 heavy (non-hydrogen) atoms. The Bertz CT molecular complexity index is 594. The highest BCUT2D eigenvalue weighted by Gasteiger charge is 2.19. The standard InChI is InChI=1S/C12H14FN3O2/c1-8-11(12(18)15(2)5-6-17)16-7-9(13)3-4-10(16)14-8/h3-4,7,17H,5-6H2,1-2H3. The van der Waals surface area contributed by atoms with Gasteiger partial charge in [-0.15, -0.1) is 0 Å². The summed E-state index contributed by atoms with van der Waals surface area (Å²) in [6.45, 7) is 1.80. The zero-order valence-corrected chi connectivity index (χ0v) is 10.2. The Morgan fingerprint density at radius 3 is 2.94 bits per heavy atom. The van der Waals surface area contributed by atoms with Crippen molar-refractivity contribution >= 4 is 11.6 Å². The second-order valence-electron chi connectivity index (χ2n) is 4.07. The van der Waals surface area contributed by atoms with Crippen LogP contribution >= 0.6 is 0 Å². The Morgan fingerprint density at radius 2 is 2.28 bits per heavy atom. The molecular weight excluding hydrogens is 237 g/mol. The summed E-state index contributed by atoms with van der Waals surface area (Å²) in [4.78, 5) is 17.8. The van der Waals surface area contributed by atoms with Crippen LogP contribution in [0.4, 0.5) is 4.39 Å². The molecule has 0 radical (unpaired) electrons. The quantitative estimate of drug-likeness (QED) is 0.879. The van der Waals surface area contributed by atoms with Crippen molar-refractivity contribution in [2.45, 2.75) is 6.92 Å². The van der Waals surface area contributed by atoms with E-state index in [0.29, 0.717) is 17.0 Å². The summed E-state index contributed by atoms with van der Waals surface area (Å²) in [6.07, 6.45) is 1.23. The number of carbonyl (C=O) groups excluding carboxylic acids is 1. The topological polar surface area (TPSA) is 57.8 Å². The van der Waals surface area contributed by atoms with Crippen LogP contribution < -0.4 is 0 Å². The van der Waals surface area contributed by atoms with Crippen molar-refractivity contribution in [1.82, 2.24) is 14.3 Å². The van der Waals surface area contributed by atoms with E-state index in [0.717, 1.165) is 0 Å². The van der Waals surface area contributed by atoms with E-state index in [4.69, 9.17) is 5.11 Å². The van der Waals surface area contributed by atoms with Gasteiger partial charge in [-0.3, -0.25) is 9.20 Å². The first kappa shape index (κ1) is 12.5. The number of pyridine rings is 1. The second-order valence-corrected chi connectivity index (χ2v) is 4.07. The van der Waals surface area contributed by atoms with Gasteiger partial charge in [0.05, 0.1) is 12.3 Å². The number of halogens is 1. The molecule has 1 amide bonds. The van der Waals surface area contributed by atoms with Crippen LogP contribution in [0.15, 0.2) is 18.3 Å².